The lowest BCUT2D eigenvalue weighted by atomic mass is 10.1. The summed E-state index contributed by atoms with van der Waals surface area (Å²) in [5.41, 5.74) is 0.959. The average Bonchev–Trinajstić information content (AvgIpc) is 2.38. The van der Waals surface area contributed by atoms with Crippen molar-refractivity contribution in [3.8, 4) is 0 Å². The summed E-state index contributed by atoms with van der Waals surface area (Å²) < 4.78 is 2.50. The van der Waals surface area contributed by atoms with Crippen molar-refractivity contribution < 1.29 is 0 Å². The first kappa shape index (κ1) is 14.1. The van der Waals surface area contributed by atoms with Crippen LogP contribution in [-0.4, -0.2) is 16.1 Å². The van der Waals surface area contributed by atoms with Crippen molar-refractivity contribution in [1.29, 1.82) is 0 Å². The van der Waals surface area contributed by atoms with Gasteiger partial charge in [0, 0.05) is 35.5 Å². The van der Waals surface area contributed by atoms with E-state index in [9.17, 15) is 4.79 Å². The summed E-state index contributed by atoms with van der Waals surface area (Å²) in [7, 11) is 1.70. The van der Waals surface area contributed by atoms with Crippen molar-refractivity contribution >= 4 is 33.3 Å². The Labute approximate surface area is 124 Å². The van der Waals surface area contributed by atoms with Crippen molar-refractivity contribution in [2.75, 3.05) is 11.9 Å². The summed E-state index contributed by atoms with van der Waals surface area (Å²) in [5, 5.41) is 3.74. The molecule has 1 aromatic heterocycles. The third-order valence-electron chi connectivity index (χ3n) is 2.71. The molecule has 0 aliphatic carbocycles. The number of aromatic nitrogens is 2. The second-order valence-electron chi connectivity index (χ2n) is 4.10. The normalized spacial score (nSPS) is 10.5. The number of benzene rings is 1. The summed E-state index contributed by atoms with van der Waals surface area (Å²) in [6.07, 6.45) is 3.97. The van der Waals surface area contributed by atoms with E-state index in [2.05, 4.69) is 26.2 Å². The number of halogens is 2. The third-order valence-corrected chi connectivity index (χ3v) is 3.72. The van der Waals surface area contributed by atoms with Crippen LogP contribution in [0.2, 0.25) is 5.02 Å². The highest BCUT2D eigenvalue weighted by atomic mass is 79.9. The van der Waals surface area contributed by atoms with E-state index in [1.165, 1.54) is 4.57 Å². The molecule has 6 heteroatoms. The highest BCUT2D eigenvalue weighted by molar-refractivity contribution is 9.10. The van der Waals surface area contributed by atoms with E-state index in [0.29, 0.717) is 17.4 Å². The molecule has 0 radical (unpaired) electrons. The zero-order chi connectivity index (χ0) is 13.8. The van der Waals surface area contributed by atoms with Gasteiger partial charge in [-0.15, -0.1) is 0 Å². The molecule has 1 N–H and O–H groups in total. The van der Waals surface area contributed by atoms with Gasteiger partial charge in [-0.05, 0) is 30.2 Å². The number of nitrogens with zero attached hydrogens (tertiary/aromatic N) is 2. The lowest BCUT2D eigenvalue weighted by molar-refractivity contribution is 0.837. The summed E-state index contributed by atoms with van der Waals surface area (Å²) in [5.74, 6) is 0.364. The summed E-state index contributed by atoms with van der Waals surface area (Å²) in [4.78, 5) is 15.8. The van der Waals surface area contributed by atoms with Crippen LogP contribution in [0.25, 0.3) is 0 Å². The largest absolute Gasteiger partial charge is 0.365 e. The first-order chi connectivity index (χ1) is 9.08. The Balaban J connectivity index is 2.02. The van der Waals surface area contributed by atoms with E-state index in [1.54, 1.807) is 19.4 Å². The monoisotopic (exact) mass is 341 g/mol. The zero-order valence-corrected chi connectivity index (χ0v) is 12.7. The molecule has 4 nitrogen and oxygen atoms in total. The van der Waals surface area contributed by atoms with Crippen LogP contribution in [0, 0.1) is 0 Å². The van der Waals surface area contributed by atoms with Gasteiger partial charge in [-0.1, -0.05) is 27.5 Å². The molecule has 0 amide bonds. The minimum Gasteiger partial charge on any atom is -0.365 e. The molecule has 2 aromatic rings. The van der Waals surface area contributed by atoms with Crippen molar-refractivity contribution in [2.24, 2.45) is 7.05 Å². The van der Waals surface area contributed by atoms with E-state index in [0.717, 1.165) is 16.5 Å². The van der Waals surface area contributed by atoms with Gasteiger partial charge in [0.05, 0.1) is 0 Å². The minimum atomic E-state index is -0.132. The van der Waals surface area contributed by atoms with Gasteiger partial charge in [0.25, 0.3) is 5.56 Å². The predicted molar refractivity (Wildman–Crippen MR) is 80.8 cm³/mol. The fourth-order valence-electron chi connectivity index (χ4n) is 1.67. The molecule has 100 valence electrons. The van der Waals surface area contributed by atoms with E-state index < -0.39 is 0 Å². The predicted octanol–water partition coefficient (Wildman–Crippen LogP) is 2.85. The van der Waals surface area contributed by atoms with Crippen LogP contribution in [0.4, 0.5) is 5.82 Å². The molecule has 1 heterocycles. The van der Waals surface area contributed by atoms with Crippen molar-refractivity contribution in [1.82, 2.24) is 9.55 Å². The molecule has 0 saturated carbocycles. The van der Waals surface area contributed by atoms with Crippen LogP contribution in [0.3, 0.4) is 0 Å². The number of hydrogen-bond donors (Lipinski definition) is 1. The van der Waals surface area contributed by atoms with Gasteiger partial charge in [-0.2, -0.15) is 0 Å². The van der Waals surface area contributed by atoms with Gasteiger partial charge >= 0.3 is 0 Å². The average molecular weight is 343 g/mol. The van der Waals surface area contributed by atoms with E-state index in [1.807, 2.05) is 18.2 Å². The Hall–Kier alpha value is -1.33. The van der Waals surface area contributed by atoms with Crippen molar-refractivity contribution in [3.05, 3.63) is 56.0 Å². The van der Waals surface area contributed by atoms with Gasteiger partial charge in [-0.25, -0.2) is 4.98 Å². The topological polar surface area (TPSA) is 46.9 Å². The van der Waals surface area contributed by atoms with E-state index in [4.69, 9.17) is 11.6 Å². The molecule has 0 spiro atoms. The SMILES string of the molecule is Cn1ccnc(NCCc2cc(Cl)ccc2Br)c1=O. The summed E-state index contributed by atoms with van der Waals surface area (Å²) >= 11 is 9.43. The Kier molecular flexibility index (Phi) is 4.61. The Morgan fingerprint density at radius 2 is 2.26 bits per heavy atom. The first-order valence-corrected chi connectivity index (χ1v) is 6.94. The smallest absolute Gasteiger partial charge is 0.293 e. The molecular weight excluding hydrogens is 330 g/mol. The lowest BCUT2D eigenvalue weighted by Crippen LogP contribution is -2.22. The second-order valence-corrected chi connectivity index (χ2v) is 5.40. The van der Waals surface area contributed by atoms with Gasteiger partial charge in [-0.3, -0.25) is 4.79 Å². The molecule has 0 aliphatic heterocycles. The molecule has 0 unspecified atom stereocenters. The number of rotatable bonds is 4. The van der Waals surface area contributed by atoms with Crippen LogP contribution >= 0.6 is 27.5 Å². The van der Waals surface area contributed by atoms with Gasteiger partial charge in [0.1, 0.15) is 0 Å². The van der Waals surface area contributed by atoms with Crippen molar-refractivity contribution in [3.63, 3.8) is 0 Å². The molecule has 0 aliphatic rings. The van der Waals surface area contributed by atoms with Gasteiger partial charge in [0.2, 0.25) is 0 Å². The number of hydrogen-bond acceptors (Lipinski definition) is 3. The lowest BCUT2D eigenvalue weighted by Gasteiger charge is -2.08. The molecule has 0 fully saturated rings. The molecule has 1 aromatic carbocycles. The molecule has 0 bridgehead atoms. The highest BCUT2D eigenvalue weighted by Crippen LogP contribution is 2.21. The highest BCUT2D eigenvalue weighted by Gasteiger charge is 2.04. The molecule has 2 rings (SSSR count). The molecule has 0 saturated heterocycles. The first-order valence-electron chi connectivity index (χ1n) is 5.77. The van der Waals surface area contributed by atoms with E-state index in [-0.39, 0.29) is 5.56 Å². The Morgan fingerprint density at radius 1 is 1.47 bits per heavy atom. The standard InChI is InChI=1S/C13H13BrClN3O/c1-18-7-6-17-12(13(18)19)16-5-4-9-8-10(15)2-3-11(9)14/h2-3,6-8H,4-5H2,1H3,(H,16,17). The minimum absolute atomic E-state index is 0.132. The zero-order valence-electron chi connectivity index (χ0n) is 10.4. The summed E-state index contributed by atoms with van der Waals surface area (Å²) in [6.45, 7) is 0.616. The number of nitrogens with one attached hydrogen (secondary N) is 1. The summed E-state index contributed by atoms with van der Waals surface area (Å²) in [6, 6.07) is 5.65. The van der Waals surface area contributed by atoms with Crippen LogP contribution < -0.4 is 10.9 Å². The third kappa shape index (κ3) is 3.58. The van der Waals surface area contributed by atoms with Gasteiger partial charge < -0.3 is 9.88 Å². The second kappa shape index (κ2) is 6.21. The van der Waals surface area contributed by atoms with Crippen molar-refractivity contribution in [2.45, 2.75) is 6.42 Å². The molecule has 0 atom stereocenters. The Bertz CT molecular complexity index is 642. The van der Waals surface area contributed by atoms with E-state index >= 15 is 0 Å². The maximum atomic E-state index is 11.7. The fourth-order valence-corrected chi connectivity index (χ4v) is 2.31. The maximum absolute atomic E-state index is 11.7. The van der Waals surface area contributed by atoms with Crippen LogP contribution in [0.15, 0.2) is 39.9 Å². The van der Waals surface area contributed by atoms with Gasteiger partial charge in [0.15, 0.2) is 5.82 Å². The molecular formula is C13H13BrClN3O. The Morgan fingerprint density at radius 3 is 3.05 bits per heavy atom. The number of aryl methyl sites for hydroxylation is 1. The fraction of sp³-hybridized carbons (Fsp3) is 0.231. The molecule has 19 heavy (non-hydrogen) atoms. The van der Waals surface area contributed by atoms with Crippen LogP contribution in [-0.2, 0) is 13.5 Å². The van der Waals surface area contributed by atoms with Crippen LogP contribution in [0.1, 0.15) is 5.56 Å². The number of anilines is 1. The quantitative estimate of drug-likeness (QED) is 0.929. The maximum Gasteiger partial charge on any atom is 0.293 e. The van der Waals surface area contributed by atoms with Crippen LogP contribution in [0.5, 0.6) is 0 Å².